The van der Waals surface area contributed by atoms with Gasteiger partial charge in [0, 0.05) is 50.5 Å². The molecule has 0 aliphatic heterocycles. The van der Waals surface area contributed by atoms with E-state index in [9.17, 15) is 0 Å². The van der Waals surface area contributed by atoms with E-state index in [1.165, 1.54) is 89.0 Å². The fraction of sp³-hybridized carbons (Fsp3) is 0.0909. The molecular weight excluding hydrogens is 823 g/mol. The Morgan fingerprint density at radius 3 is 1.62 bits per heavy atom. The van der Waals surface area contributed by atoms with Crippen LogP contribution < -0.4 is 4.90 Å². The molecule has 4 aliphatic carbocycles. The number of hydrogen-bond acceptors (Lipinski definition) is 2. The Bertz CT molecular complexity index is 3930. The van der Waals surface area contributed by atoms with Crippen LogP contribution in [-0.4, -0.2) is 0 Å². The number of nitrogens with zero attached hydrogens (tertiary/aromatic N) is 1. The molecule has 0 amide bonds. The lowest BCUT2D eigenvalue weighted by atomic mass is 9.43. The van der Waals surface area contributed by atoms with E-state index in [2.05, 4.69) is 243 Å². The maximum Gasteiger partial charge on any atom is 0.135 e. The summed E-state index contributed by atoms with van der Waals surface area (Å²) in [5.74, 6) is 0.490. The van der Waals surface area contributed by atoms with Crippen molar-refractivity contribution in [2.45, 2.75) is 36.5 Å². The molecule has 3 unspecified atom stereocenters. The van der Waals surface area contributed by atoms with Gasteiger partial charge in [0.05, 0.1) is 0 Å². The summed E-state index contributed by atoms with van der Waals surface area (Å²) < 4.78 is 6.36. The number of furan rings is 1. The molecule has 1 aromatic heterocycles. The second-order valence-electron chi connectivity index (χ2n) is 19.9. The zero-order valence-corrected chi connectivity index (χ0v) is 37.9. The summed E-state index contributed by atoms with van der Waals surface area (Å²) in [6, 6.07) is 83.9. The standard InChI is InChI=1S/C66H45NO/c1-65(2)55-26-10-6-22-49(55)50-32-31-46(39-58(50)65)67(44-20-14-18-41(36-44)40-16-4-3-5-17-40)45-21-15-19-42(37-45)47-33-34-48(43-30-35-60-54(38-43)51-23-9-13-29-59(51)68-60)62-61(47)63-52-24-7-11-27-56(52)66(63)57-28-12-8-25-53(57)64(62)66/h3-39,63-64H,1-2H3. The van der Waals surface area contributed by atoms with Gasteiger partial charge in [0.1, 0.15) is 11.2 Å². The van der Waals surface area contributed by atoms with Gasteiger partial charge in [-0.15, -0.1) is 0 Å². The van der Waals surface area contributed by atoms with Gasteiger partial charge >= 0.3 is 0 Å². The second kappa shape index (κ2) is 13.7. The molecule has 3 atom stereocenters. The number of hydrogen-bond donors (Lipinski definition) is 0. The van der Waals surface area contributed by atoms with E-state index in [1.807, 2.05) is 0 Å². The highest BCUT2D eigenvalue weighted by atomic mass is 16.3. The third kappa shape index (κ3) is 4.91. The number of benzene rings is 10. The summed E-state index contributed by atoms with van der Waals surface area (Å²) in [6.07, 6.45) is 0. The highest BCUT2D eigenvalue weighted by molar-refractivity contribution is 6.07. The quantitative estimate of drug-likeness (QED) is 0.166. The first-order valence-electron chi connectivity index (χ1n) is 24.1. The molecule has 68 heavy (non-hydrogen) atoms. The summed E-state index contributed by atoms with van der Waals surface area (Å²) in [7, 11) is 0. The third-order valence-electron chi connectivity index (χ3n) is 16.3. The highest BCUT2D eigenvalue weighted by Gasteiger charge is 2.70. The summed E-state index contributed by atoms with van der Waals surface area (Å²) in [4.78, 5) is 2.48. The van der Waals surface area contributed by atoms with Crippen molar-refractivity contribution >= 4 is 39.0 Å². The minimum Gasteiger partial charge on any atom is -0.456 e. The van der Waals surface area contributed by atoms with E-state index in [0.29, 0.717) is 0 Å². The van der Waals surface area contributed by atoms with Crippen molar-refractivity contribution in [2.75, 3.05) is 4.90 Å². The SMILES string of the molecule is CC1(C)c2ccccc2-c2ccc(N(c3cccc(-c4ccccc4)c3)c3cccc(-c4ccc(-c5ccc6oc7ccccc7c6c5)c5c4C4c6ccccc6C46c4ccccc4C56)c3)cc21. The van der Waals surface area contributed by atoms with Crippen LogP contribution in [0.5, 0.6) is 0 Å². The lowest BCUT2D eigenvalue weighted by Crippen LogP contribution is -2.52. The minimum absolute atomic E-state index is 0.0941. The molecule has 0 radical (unpaired) electrons. The van der Waals surface area contributed by atoms with Crippen molar-refractivity contribution in [3.63, 3.8) is 0 Å². The molecule has 0 fully saturated rings. The molecular formula is C66H45NO. The van der Waals surface area contributed by atoms with E-state index in [-0.39, 0.29) is 22.7 Å². The van der Waals surface area contributed by atoms with Crippen LogP contribution in [0.2, 0.25) is 0 Å². The fourth-order valence-corrected chi connectivity index (χ4v) is 13.5. The van der Waals surface area contributed by atoms with Crippen LogP contribution >= 0.6 is 0 Å². The van der Waals surface area contributed by atoms with Crippen LogP contribution in [0.1, 0.15) is 70.2 Å². The molecule has 11 aromatic rings. The molecule has 0 N–H and O–H groups in total. The zero-order valence-electron chi connectivity index (χ0n) is 37.9. The Morgan fingerprint density at radius 1 is 0.353 bits per heavy atom. The molecule has 1 heterocycles. The van der Waals surface area contributed by atoms with E-state index in [4.69, 9.17) is 4.42 Å². The number of para-hydroxylation sites is 1. The van der Waals surface area contributed by atoms with Crippen LogP contribution in [0, 0.1) is 0 Å². The monoisotopic (exact) mass is 867 g/mol. The summed E-state index contributed by atoms with van der Waals surface area (Å²) in [5, 5.41) is 2.31. The molecule has 2 heteroatoms. The maximum atomic E-state index is 6.36. The predicted molar refractivity (Wildman–Crippen MR) is 280 cm³/mol. The van der Waals surface area contributed by atoms with Crippen molar-refractivity contribution in [1.82, 2.24) is 0 Å². The minimum atomic E-state index is -0.134. The molecule has 1 spiro atoms. The van der Waals surface area contributed by atoms with Gasteiger partial charge in [-0.25, -0.2) is 0 Å². The summed E-state index contributed by atoms with van der Waals surface area (Å²) >= 11 is 0. The largest absolute Gasteiger partial charge is 0.456 e. The van der Waals surface area contributed by atoms with Crippen LogP contribution in [-0.2, 0) is 10.8 Å². The van der Waals surface area contributed by atoms with Crippen molar-refractivity contribution in [1.29, 1.82) is 0 Å². The molecule has 0 bridgehead atoms. The van der Waals surface area contributed by atoms with Crippen molar-refractivity contribution in [3.8, 4) is 44.5 Å². The molecule has 2 nitrogen and oxygen atoms in total. The number of fused-ring (bicyclic) bond motifs is 13. The second-order valence-corrected chi connectivity index (χ2v) is 19.9. The molecule has 15 rings (SSSR count). The van der Waals surface area contributed by atoms with Gasteiger partial charge in [-0.1, -0.05) is 184 Å². The summed E-state index contributed by atoms with van der Waals surface area (Å²) in [5.41, 5.74) is 26.7. The Morgan fingerprint density at radius 2 is 0.882 bits per heavy atom. The van der Waals surface area contributed by atoms with E-state index in [1.54, 1.807) is 0 Å². The average molecular weight is 868 g/mol. The first kappa shape index (κ1) is 38.0. The van der Waals surface area contributed by atoms with E-state index in [0.717, 1.165) is 39.0 Å². The van der Waals surface area contributed by atoms with Crippen molar-refractivity contribution in [2.24, 2.45) is 0 Å². The Hall–Kier alpha value is -8.20. The van der Waals surface area contributed by atoms with Gasteiger partial charge in [0.2, 0.25) is 0 Å². The van der Waals surface area contributed by atoms with Gasteiger partial charge in [0.15, 0.2) is 0 Å². The van der Waals surface area contributed by atoms with Crippen LogP contribution in [0.15, 0.2) is 229 Å². The predicted octanol–water partition coefficient (Wildman–Crippen LogP) is 17.3. The Labute approximate surface area is 396 Å². The topological polar surface area (TPSA) is 16.4 Å². The van der Waals surface area contributed by atoms with Crippen molar-refractivity contribution < 1.29 is 4.42 Å². The number of anilines is 3. The Balaban J connectivity index is 0.949. The van der Waals surface area contributed by atoms with Crippen LogP contribution in [0.3, 0.4) is 0 Å². The van der Waals surface area contributed by atoms with Crippen LogP contribution in [0.25, 0.3) is 66.4 Å². The van der Waals surface area contributed by atoms with Gasteiger partial charge in [-0.05, 0) is 144 Å². The normalized spacial score (nSPS) is 18.3. The smallest absolute Gasteiger partial charge is 0.135 e. The Kier molecular flexibility index (Phi) is 7.64. The lowest BCUT2D eigenvalue weighted by molar-refractivity contribution is 0.333. The molecule has 320 valence electrons. The molecule has 0 saturated heterocycles. The third-order valence-corrected chi connectivity index (χ3v) is 16.3. The van der Waals surface area contributed by atoms with Gasteiger partial charge < -0.3 is 9.32 Å². The van der Waals surface area contributed by atoms with Gasteiger partial charge in [0.25, 0.3) is 0 Å². The first-order valence-corrected chi connectivity index (χ1v) is 24.1. The highest BCUT2D eigenvalue weighted by Crippen LogP contribution is 2.78. The average Bonchev–Trinajstić information content (AvgIpc) is 3.95. The zero-order chi connectivity index (χ0) is 44.9. The fourth-order valence-electron chi connectivity index (χ4n) is 13.5. The lowest BCUT2D eigenvalue weighted by Gasteiger charge is -2.58. The molecule has 10 aromatic carbocycles. The van der Waals surface area contributed by atoms with Crippen LogP contribution in [0.4, 0.5) is 17.1 Å². The van der Waals surface area contributed by atoms with Gasteiger partial charge in [-0.3, -0.25) is 0 Å². The number of rotatable bonds is 6. The van der Waals surface area contributed by atoms with Crippen molar-refractivity contribution in [3.05, 3.63) is 269 Å². The summed E-state index contributed by atoms with van der Waals surface area (Å²) in [6.45, 7) is 4.75. The first-order chi connectivity index (χ1) is 33.5. The molecule has 0 saturated carbocycles. The maximum absolute atomic E-state index is 6.36. The van der Waals surface area contributed by atoms with Gasteiger partial charge in [-0.2, -0.15) is 0 Å². The van der Waals surface area contributed by atoms with E-state index >= 15 is 0 Å². The molecule has 4 aliphatic rings. The van der Waals surface area contributed by atoms with E-state index < -0.39 is 0 Å².